The summed E-state index contributed by atoms with van der Waals surface area (Å²) in [7, 11) is 1.61. The maximum atomic E-state index is 9.58. The molecule has 4 aromatic rings. The van der Waals surface area contributed by atoms with Gasteiger partial charge < -0.3 is 14.1 Å². The Kier molecular flexibility index (Phi) is 4.92. The molecule has 0 fully saturated rings. The number of aromatic amines is 1. The second kappa shape index (κ2) is 7.67. The van der Waals surface area contributed by atoms with Crippen LogP contribution in [0.3, 0.4) is 0 Å². The van der Waals surface area contributed by atoms with Crippen LogP contribution < -0.4 is 4.74 Å². The van der Waals surface area contributed by atoms with E-state index in [0.29, 0.717) is 17.2 Å². The highest BCUT2D eigenvalue weighted by Crippen LogP contribution is 2.30. The van der Waals surface area contributed by atoms with Crippen molar-refractivity contribution in [1.29, 1.82) is 5.26 Å². The Bertz CT molecular complexity index is 1200. The number of imidazole rings is 1. The predicted molar refractivity (Wildman–Crippen MR) is 110 cm³/mol. The quantitative estimate of drug-likeness (QED) is 0.445. The molecular weight excluding hydrogens is 370 g/mol. The zero-order valence-corrected chi connectivity index (χ0v) is 16.2. The van der Waals surface area contributed by atoms with Gasteiger partial charge in [0.2, 0.25) is 0 Å². The number of fused-ring (bicyclic) bond motifs is 1. The Labute approximate surface area is 166 Å². The molecule has 28 heavy (non-hydrogen) atoms. The Morgan fingerprint density at radius 1 is 1.18 bits per heavy atom. The number of nitriles is 1. The molecule has 6 heteroatoms. The van der Waals surface area contributed by atoms with Crippen molar-refractivity contribution in [3.63, 3.8) is 0 Å². The Balaban J connectivity index is 1.59. The third-order valence-electron chi connectivity index (χ3n) is 4.19. The first-order valence-electron chi connectivity index (χ1n) is 8.65. The van der Waals surface area contributed by atoms with Crippen molar-refractivity contribution >= 4 is 34.4 Å². The van der Waals surface area contributed by atoms with E-state index in [2.05, 4.69) is 47.2 Å². The molecule has 0 unspecified atom stereocenters. The first-order valence-corrected chi connectivity index (χ1v) is 9.46. The number of rotatable bonds is 5. The van der Waals surface area contributed by atoms with E-state index in [1.807, 2.05) is 30.3 Å². The number of aryl methyl sites for hydroxylation is 1. The zero-order chi connectivity index (χ0) is 19.5. The van der Waals surface area contributed by atoms with Crippen molar-refractivity contribution in [3.05, 3.63) is 71.7 Å². The van der Waals surface area contributed by atoms with Crippen LogP contribution in [0.4, 0.5) is 0 Å². The number of hydrogen-bond acceptors (Lipinski definition) is 5. The van der Waals surface area contributed by atoms with Crippen LogP contribution in [-0.2, 0) is 0 Å². The van der Waals surface area contributed by atoms with Crippen LogP contribution in [-0.4, -0.2) is 17.1 Å². The lowest BCUT2D eigenvalue weighted by Crippen LogP contribution is -1.84. The highest BCUT2D eigenvalue weighted by Gasteiger charge is 2.10. The van der Waals surface area contributed by atoms with Gasteiger partial charge in [0, 0.05) is 17.0 Å². The lowest BCUT2D eigenvalue weighted by atomic mass is 10.2. The summed E-state index contributed by atoms with van der Waals surface area (Å²) < 4.78 is 11.1. The molecule has 2 heterocycles. The van der Waals surface area contributed by atoms with Gasteiger partial charge in [-0.25, -0.2) is 4.98 Å². The minimum atomic E-state index is 0.399. The SMILES string of the molecule is COc1ccc2nc(/C(C#N)=C\c3ccc(Sc4ccc(C)cc4)o3)[nH]c2c1. The Morgan fingerprint density at radius 2 is 2.00 bits per heavy atom. The smallest absolute Gasteiger partial charge is 0.165 e. The minimum Gasteiger partial charge on any atom is -0.497 e. The number of ether oxygens (including phenoxy) is 1. The van der Waals surface area contributed by atoms with Gasteiger partial charge in [-0.05, 0) is 43.3 Å². The molecule has 0 atom stereocenters. The van der Waals surface area contributed by atoms with Crippen LogP contribution in [0.25, 0.3) is 22.7 Å². The highest BCUT2D eigenvalue weighted by atomic mass is 32.2. The molecule has 0 saturated heterocycles. The summed E-state index contributed by atoms with van der Waals surface area (Å²) in [6, 6.07) is 19.7. The highest BCUT2D eigenvalue weighted by molar-refractivity contribution is 7.99. The van der Waals surface area contributed by atoms with Crippen molar-refractivity contribution in [2.24, 2.45) is 0 Å². The second-order valence-electron chi connectivity index (χ2n) is 6.21. The van der Waals surface area contributed by atoms with E-state index in [1.54, 1.807) is 13.2 Å². The molecule has 1 N–H and O–H groups in total. The number of nitrogens with one attached hydrogen (secondary N) is 1. The van der Waals surface area contributed by atoms with Gasteiger partial charge in [-0.1, -0.05) is 29.5 Å². The summed E-state index contributed by atoms with van der Waals surface area (Å²) in [5.41, 5.74) is 3.20. The third kappa shape index (κ3) is 3.80. The van der Waals surface area contributed by atoms with Gasteiger partial charge in [0.1, 0.15) is 23.4 Å². The van der Waals surface area contributed by atoms with Gasteiger partial charge in [0.15, 0.2) is 5.09 Å². The molecule has 0 spiro atoms. The summed E-state index contributed by atoms with van der Waals surface area (Å²) in [6.07, 6.45) is 1.69. The summed E-state index contributed by atoms with van der Waals surface area (Å²) in [5.74, 6) is 1.83. The first-order chi connectivity index (χ1) is 13.6. The van der Waals surface area contributed by atoms with E-state index >= 15 is 0 Å². The first kappa shape index (κ1) is 18.0. The van der Waals surface area contributed by atoms with Crippen molar-refractivity contribution in [2.45, 2.75) is 16.9 Å². The van der Waals surface area contributed by atoms with Crippen LogP contribution in [0.15, 0.2) is 69.0 Å². The largest absolute Gasteiger partial charge is 0.497 e. The maximum absolute atomic E-state index is 9.58. The third-order valence-corrected chi connectivity index (χ3v) is 5.12. The molecule has 0 aliphatic heterocycles. The minimum absolute atomic E-state index is 0.399. The summed E-state index contributed by atoms with van der Waals surface area (Å²) >= 11 is 1.54. The number of allylic oxidation sites excluding steroid dienone is 1. The van der Waals surface area contributed by atoms with Crippen molar-refractivity contribution < 1.29 is 9.15 Å². The van der Waals surface area contributed by atoms with Gasteiger partial charge in [-0.2, -0.15) is 5.26 Å². The van der Waals surface area contributed by atoms with E-state index in [9.17, 15) is 5.26 Å². The fourth-order valence-electron chi connectivity index (χ4n) is 2.73. The van der Waals surface area contributed by atoms with Gasteiger partial charge in [0.25, 0.3) is 0 Å². The summed E-state index contributed by atoms with van der Waals surface area (Å²) in [6.45, 7) is 2.06. The van der Waals surface area contributed by atoms with Gasteiger partial charge >= 0.3 is 0 Å². The van der Waals surface area contributed by atoms with Gasteiger partial charge in [-0.15, -0.1) is 0 Å². The standard InChI is InChI=1S/C22H17N3O2S/c1-14-3-7-18(8-4-14)28-21-10-6-17(27-21)11-15(13-23)22-24-19-9-5-16(26-2)12-20(19)25-22/h3-12H,1-2H3,(H,24,25)/b15-11-. The van der Waals surface area contributed by atoms with E-state index in [0.717, 1.165) is 26.8 Å². The number of methoxy groups -OCH3 is 1. The molecule has 2 aromatic heterocycles. The van der Waals surface area contributed by atoms with Crippen LogP contribution in [0.2, 0.25) is 0 Å². The zero-order valence-electron chi connectivity index (χ0n) is 15.4. The second-order valence-corrected chi connectivity index (χ2v) is 7.29. The number of H-pyrrole nitrogens is 1. The molecule has 138 valence electrons. The Hall–Kier alpha value is -3.43. The number of furan rings is 1. The maximum Gasteiger partial charge on any atom is 0.165 e. The molecule has 5 nitrogen and oxygen atoms in total. The molecule has 4 rings (SSSR count). The normalized spacial score (nSPS) is 11.5. The number of nitrogens with zero attached hydrogens (tertiary/aromatic N) is 2. The van der Waals surface area contributed by atoms with E-state index in [1.165, 1.54) is 17.3 Å². The van der Waals surface area contributed by atoms with Gasteiger partial charge in [-0.3, -0.25) is 0 Å². The average molecular weight is 387 g/mol. The average Bonchev–Trinajstić information content (AvgIpc) is 3.33. The molecule has 0 bridgehead atoms. The summed E-state index contributed by atoms with van der Waals surface area (Å²) in [4.78, 5) is 8.75. The lowest BCUT2D eigenvalue weighted by molar-refractivity contribution is 0.415. The number of aromatic nitrogens is 2. The lowest BCUT2D eigenvalue weighted by Gasteiger charge is -1.98. The Morgan fingerprint density at radius 3 is 2.75 bits per heavy atom. The molecule has 0 saturated carbocycles. The van der Waals surface area contributed by atoms with Crippen LogP contribution >= 0.6 is 11.8 Å². The fourth-order valence-corrected chi connectivity index (χ4v) is 3.51. The fraction of sp³-hybridized carbons (Fsp3) is 0.0909. The van der Waals surface area contributed by atoms with Crippen LogP contribution in [0.1, 0.15) is 17.1 Å². The van der Waals surface area contributed by atoms with Crippen molar-refractivity contribution in [3.8, 4) is 11.8 Å². The van der Waals surface area contributed by atoms with Gasteiger partial charge in [0.05, 0.1) is 23.7 Å². The van der Waals surface area contributed by atoms with E-state index in [4.69, 9.17) is 9.15 Å². The molecule has 0 amide bonds. The summed E-state index contributed by atoms with van der Waals surface area (Å²) in [5, 5.41) is 10.4. The van der Waals surface area contributed by atoms with Crippen molar-refractivity contribution in [1.82, 2.24) is 9.97 Å². The number of benzene rings is 2. The molecule has 0 aliphatic carbocycles. The van der Waals surface area contributed by atoms with E-state index in [-0.39, 0.29) is 0 Å². The predicted octanol–water partition coefficient (Wildman–Crippen LogP) is 5.69. The molecule has 0 radical (unpaired) electrons. The monoisotopic (exact) mass is 387 g/mol. The number of hydrogen-bond donors (Lipinski definition) is 1. The molecular formula is C22H17N3O2S. The topological polar surface area (TPSA) is 74.8 Å². The molecule has 2 aromatic carbocycles. The van der Waals surface area contributed by atoms with Crippen LogP contribution in [0, 0.1) is 18.3 Å². The molecule has 0 aliphatic rings. The van der Waals surface area contributed by atoms with E-state index < -0.39 is 0 Å². The van der Waals surface area contributed by atoms with Crippen molar-refractivity contribution in [2.75, 3.05) is 7.11 Å². The van der Waals surface area contributed by atoms with Crippen LogP contribution in [0.5, 0.6) is 5.75 Å².